The van der Waals surface area contributed by atoms with Crippen LogP contribution in [0.4, 0.5) is 0 Å². The molecule has 20 heavy (non-hydrogen) atoms. The highest BCUT2D eigenvalue weighted by atomic mass is 79.9. The van der Waals surface area contributed by atoms with Gasteiger partial charge in [0.25, 0.3) is 5.91 Å². The summed E-state index contributed by atoms with van der Waals surface area (Å²) in [5.74, 6) is 0.328. The molecule has 6 heteroatoms. The minimum absolute atomic E-state index is 0.0552. The smallest absolute Gasteiger partial charge is 0.258 e. The number of hydrogen-bond acceptors (Lipinski definition) is 3. The second-order valence-corrected chi connectivity index (χ2v) is 6.26. The van der Waals surface area contributed by atoms with Gasteiger partial charge in [-0.2, -0.15) is 0 Å². The third-order valence-corrected chi connectivity index (χ3v) is 4.10. The van der Waals surface area contributed by atoms with Crippen molar-refractivity contribution in [1.29, 1.82) is 0 Å². The molecule has 0 heterocycles. The summed E-state index contributed by atoms with van der Waals surface area (Å²) in [4.78, 5) is 11.8. The molecule has 0 atom stereocenters. The lowest BCUT2D eigenvalue weighted by Gasteiger charge is -2.26. The Balaban J connectivity index is 1.77. The van der Waals surface area contributed by atoms with Crippen LogP contribution in [-0.2, 0) is 4.79 Å². The number of ether oxygens (including phenoxy) is 1. The van der Waals surface area contributed by atoms with Crippen LogP contribution < -0.4 is 10.1 Å². The van der Waals surface area contributed by atoms with Gasteiger partial charge in [0.2, 0.25) is 0 Å². The van der Waals surface area contributed by atoms with Gasteiger partial charge in [-0.05, 0) is 43.9 Å². The van der Waals surface area contributed by atoms with Crippen molar-refractivity contribution < 1.29 is 14.6 Å². The first kappa shape index (κ1) is 15.6. The summed E-state index contributed by atoms with van der Waals surface area (Å²) in [7, 11) is 0. The number of hydrogen-bond donors (Lipinski definition) is 2. The Labute approximate surface area is 131 Å². The molecule has 1 fully saturated rings. The highest BCUT2D eigenvalue weighted by Crippen LogP contribution is 2.27. The fourth-order valence-corrected chi connectivity index (χ4v) is 2.95. The zero-order valence-electron chi connectivity index (χ0n) is 10.9. The number of amides is 1. The summed E-state index contributed by atoms with van der Waals surface area (Å²) < 4.78 is 6.26. The van der Waals surface area contributed by atoms with Crippen LogP contribution in [0.15, 0.2) is 22.7 Å². The van der Waals surface area contributed by atoms with Crippen molar-refractivity contribution in [2.24, 2.45) is 0 Å². The molecule has 0 aliphatic heterocycles. The summed E-state index contributed by atoms with van der Waals surface area (Å²) in [5.41, 5.74) is 0. The normalized spacial score (nSPS) is 22.4. The van der Waals surface area contributed by atoms with E-state index in [4.69, 9.17) is 16.3 Å². The fourth-order valence-electron chi connectivity index (χ4n) is 2.23. The van der Waals surface area contributed by atoms with Crippen LogP contribution in [0.3, 0.4) is 0 Å². The molecule has 4 nitrogen and oxygen atoms in total. The first-order valence-corrected chi connectivity index (χ1v) is 7.77. The van der Waals surface area contributed by atoms with Gasteiger partial charge >= 0.3 is 0 Å². The van der Waals surface area contributed by atoms with E-state index in [1.165, 1.54) is 0 Å². The second kappa shape index (κ2) is 7.29. The molecular formula is C14H17BrClNO3. The van der Waals surface area contributed by atoms with Crippen LogP contribution in [0.25, 0.3) is 0 Å². The van der Waals surface area contributed by atoms with E-state index in [1.54, 1.807) is 12.1 Å². The zero-order chi connectivity index (χ0) is 14.5. The summed E-state index contributed by atoms with van der Waals surface area (Å²) in [5, 5.41) is 12.8. The maximum atomic E-state index is 11.8. The van der Waals surface area contributed by atoms with Crippen LogP contribution in [0.5, 0.6) is 5.75 Å². The van der Waals surface area contributed by atoms with E-state index in [0.29, 0.717) is 10.8 Å². The van der Waals surface area contributed by atoms with Gasteiger partial charge in [-0.15, -0.1) is 0 Å². The van der Waals surface area contributed by atoms with Crippen LogP contribution in [0.2, 0.25) is 5.02 Å². The van der Waals surface area contributed by atoms with Crippen molar-refractivity contribution >= 4 is 33.4 Å². The Hall–Kier alpha value is -0.780. The highest BCUT2D eigenvalue weighted by molar-refractivity contribution is 9.10. The van der Waals surface area contributed by atoms with E-state index in [9.17, 15) is 9.90 Å². The largest absolute Gasteiger partial charge is 0.482 e. The maximum absolute atomic E-state index is 11.8. The van der Waals surface area contributed by atoms with Crippen LogP contribution in [0, 0.1) is 0 Å². The number of rotatable bonds is 4. The molecule has 0 bridgehead atoms. The van der Waals surface area contributed by atoms with E-state index >= 15 is 0 Å². The Morgan fingerprint density at radius 2 is 2.10 bits per heavy atom. The Kier molecular flexibility index (Phi) is 5.69. The van der Waals surface area contributed by atoms with Gasteiger partial charge in [0.1, 0.15) is 5.75 Å². The first-order valence-electron chi connectivity index (χ1n) is 6.60. The lowest BCUT2D eigenvalue weighted by atomic mass is 9.93. The predicted molar refractivity (Wildman–Crippen MR) is 81.1 cm³/mol. The molecule has 2 rings (SSSR count). The minimum atomic E-state index is -0.221. The highest BCUT2D eigenvalue weighted by Gasteiger charge is 2.20. The molecule has 0 unspecified atom stereocenters. The standard InChI is InChI=1S/C14H17BrClNO3/c15-9-1-6-13(12(16)7-9)20-8-14(19)17-10-2-4-11(18)5-3-10/h1,6-7,10-11,18H,2-5,8H2,(H,17,19). The number of carbonyl (C=O) groups excluding carboxylic acids is 1. The van der Waals surface area contributed by atoms with Gasteiger partial charge in [0.15, 0.2) is 6.61 Å². The summed E-state index contributed by atoms with van der Waals surface area (Å²) >= 11 is 9.31. The lowest BCUT2D eigenvalue weighted by molar-refractivity contribution is -0.124. The van der Waals surface area contributed by atoms with E-state index in [0.717, 1.165) is 30.2 Å². The number of carbonyl (C=O) groups is 1. The van der Waals surface area contributed by atoms with Crippen LogP contribution >= 0.6 is 27.5 Å². The van der Waals surface area contributed by atoms with Crippen molar-refractivity contribution in [3.8, 4) is 5.75 Å². The van der Waals surface area contributed by atoms with Crippen LogP contribution in [0.1, 0.15) is 25.7 Å². The molecule has 1 aromatic rings. The number of aliphatic hydroxyl groups excluding tert-OH is 1. The molecule has 0 radical (unpaired) electrons. The average Bonchev–Trinajstić information content (AvgIpc) is 2.40. The molecule has 1 aliphatic carbocycles. The Morgan fingerprint density at radius 3 is 2.75 bits per heavy atom. The van der Waals surface area contributed by atoms with Crippen molar-refractivity contribution in [1.82, 2.24) is 5.32 Å². The topological polar surface area (TPSA) is 58.6 Å². The molecule has 1 amide bonds. The van der Waals surface area contributed by atoms with E-state index in [1.807, 2.05) is 6.07 Å². The number of benzene rings is 1. The van der Waals surface area contributed by atoms with Crippen molar-refractivity contribution in [3.63, 3.8) is 0 Å². The third-order valence-electron chi connectivity index (χ3n) is 3.31. The summed E-state index contributed by atoms with van der Waals surface area (Å²) in [6, 6.07) is 5.38. The predicted octanol–water partition coefficient (Wildman–Crippen LogP) is 2.90. The van der Waals surface area contributed by atoms with Crippen molar-refractivity contribution in [3.05, 3.63) is 27.7 Å². The number of aliphatic hydroxyl groups is 1. The van der Waals surface area contributed by atoms with E-state index < -0.39 is 0 Å². The first-order chi connectivity index (χ1) is 9.54. The lowest BCUT2D eigenvalue weighted by Crippen LogP contribution is -2.40. The average molecular weight is 363 g/mol. The van der Waals surface area contributed by atoms with Gasteiger partial charge in [-0.1, -0.05) is 27.5 Å². The molecule has 1 saturated carbocycles. The molecule has 0 saturated heterocycles. The van der Waals surface area contributed by atoms with Crippen LogP contribution in [-0.4, -0.2) is 29.8 Å². The summed E-state index contributed by atoms with van der Waals surface area (Å²) in [6.45, 7) is -0.0552. The third kappa shape index (κ3) is 4.65. The fraction of sp³-hybridized carbons (Fsp3) is 0.500. The number of halogens is 2. The van der Waals surface area contributed by atoms with Gasteiger partial charge in [-0.25, -0.2) is 0 Å². The minimum Gasteiger partial charge on any atom is -0.482 e. The SMILES string of the molecule is O=C(COc1ccc(Br)cc1Cl)NC1CCC(O)CC1. The summed E-state index contributed by atoms with van der Waals surface area (Å²) in [6.07, 6.45) is 2.88. The van der Waals surface area contributed by atoms with Gasteiger partial charge in [0.05, 0.1) is 11.1 Å². The van der Waals surface area contributed by atoms with Gasteiger partial charge in [-0.3, -0.25) is 4.79 Å². The molecule has 0 aromatic heterocycles. The van der Waals surface area contributed by atoms with Crippen molar-refractivity contribution in [2.75, 3.05) is 6.61 Å². The molecule has 110 valence electrons. The number of nitrogens with one attached hydrogen (secondary N) is 1. The molecule has 1 aliphatic rings. The molecule has 2 N–H and O–H groups in total. The van der Waals surface area contributed by atoms with Gasteiger partial charge in [0, 0.05) is 10.5 Å². The molecule has 0 spiro atoms. The maximum Gasteiger partial charge on any atom is 0.258 e. The van der Waals surface area contributed by atoms with E-state index in [-0.39, 0.29) is 24.7 Å². The monoisotopic (exact) mass is 361 g/mol. The second-order valence-electron chi connectivity index (χ2n) is 4.94. The zero-order valence-corrected chi connectivity index (χ0v) is 13.3. The molecule has 1 aromatic carbocycles. The molecular weight excluding hydrogens is 346 g/mol. The van der Waals surface area contributed by atoms with Gasteiger partial charge < -0.3 is 15.2 Å². The quantitative estimate of drug-likeness (QED) is 0.866. The van der Waals surface area contributed by atoms with E-state index in [2.05, 4.69) is 21.2 Å². The Morgan fingerprint density at radius 1 is 1.40 bits per heavy atom. The Bertz CT molecular complexity index is 475. The van der Waals surface area contributed by atoms with Crippen molar-refractivity contribution in [2.45, 2.75) is 37.8 Å².